The highest BCUT2D eigenvalue weighted by atomic mass is 15.1. The molecule has 6 heteroatoms. The lowest BCUT2D eigenvalue weighted by molar-refractivity contribution is 1.20. The van der Waals surface area contributed by atoms with Gasteiger partial charge < -0.3 is 0 Å². The maximum Gasteiger partial charge on any atom is 0.150 e. The summed E-state index contributed by atoms with van der Waals surface area (Å²) in [7, 11) is 0. The van der Waals surface area contributed by atoms with Gasteiger partial charge in [-0.15, -0.1) is 0 Å². The van der Waals surface area contributed by atoms with E-state index in [9.17, 15) is 0 Å². The van der Waals surface area contributed by atoms with E-state index < -0.39 is 0 Å². The van der Waals surface area contributed by atoms with Crippen LogP contribution in [0.2, 0.25) is 0 Å². The Morgan fingerprint density at radius 1 is 0.467 bits per heavy atom. The number of imidazole rings is 2. The third-order valence-corrected chi connectivity index (χ3v) is 5.60. The molecule has 140 valence electrons. The van der Waals surface area contributed by atoms with Crippen LogP contribution in [0.3, 0.4) is 0 Å². The summed E-state index contributed by atoms with van der Waals surface area (Å²) < 4.78 is 4.24. The maximum absolute atomic E-state index is 4.98. The van der Waals surface area contributed by atoms with Crippen molar-refractivity contribution < 1.29 is 0 Å². The summed E-state index contributed by atoms with van der Waals surface area (Å²) in [5.41, 5.74) is 7.12. The number of para-hydroxylation sites is 4. The predicted octanol–water partition coefficient (Wildman–Crippen LogP) is 4.95. The van der Waals surface area contributed by atoms with Crippen molar-refractivity contribution in [3.05, 3.63) is 85.2 Å². The molecule has 7 rings (SSSR count). The Bertz CT molecular complexity index is 1670. The van der Waals surface area contributed by atoms with Crippen LogP contribution in [0.5, 0.6) is 0 Å². The Labute approximate surface area is 169 Å². The molecule has 0 atom stereocenters. The van der Waals surface area contributed by atoms with Crippen LogP contribution in [0.1, 0.15) is 0 Å². The molecular formula is C24H14N6. The van der Waals surface area contributed by atoms with Gasteiger partial charge in [-0.1, -0.05) is 24.3 Å². The third kappa shape index (κ3) is 1.92. The van der Waals surface area contributed by atoms with Crippen LogP contribution in [0, 0.1) is 0 Å². The Hall–Kier alpha value is -4.32. The predicted molar refractivity (Wildman–Crippen MR) is 118 cm³/mol. The molecule has 0 saturated carbocycles. The first-order valence-electron chi connectivity index (χ1n) is 9.77. The summed E-state index contributed by atoms with van der Waals surface area (Å²) in [6.07, 6.45) is 3.63. The van der Waals surface area contributed by atoms with Gasteiger partial charge in [0.1, 0.15) is 11.3 Å². The molecule has 0 N–H and O–H groups in total. The van der Waals surface area contributed by atoms with Crippen LogP contribution in [0.15, 0.2) is 85.2 Å². The van der Waals surface area contributed by atoms with Gasteiger partial charge in [-0.2, -0.15) is 0 Å². The van der Waals surface area contributed by atoms with Crippen molar-refractivity contribution in [1.82, 2.24) is 28.7 Å². The molecule has 0 unspecified atom stereocenters. The van der Waals surface area contributed by atoms with Crippen molar-refractivity contribution in [3.63, 3.8) is 0 Å². The van der Waals surface area contributed by atoms with Crippen molar-refractivity contribution in [1.29, 1.82) is 0 Å². The van der Waals surface area contributed by atoms with Crippen LogP contribution in [-0.4, -0.2) is 28.7 Å². The molecule has 0 radical (unpaired) electrons. The molecule has 30 heavy (non-hydrogen) atoms. The summed E-state index contributed by atoms with van der Waals surface area (Å²) >= 11 is 0. The molecule has 0 aliphatic carbocycles. The SMILES string of the molecule is c1ccc2c(c1)nc1c3cccnc3n3c4ccccc4nc3c3cccnc3n21. The Morgan fingerprint density at radius 2 is 0.933 bits per heavy atom. The van der Waals surface area contributed by atoms with E-state index in [2.05, 4.69) is 33.1 Å². The average Bonchev–Trinajstić information content (AvgIpc) is 3.36. The second-order valence-corrected chi connectivity index (χ2v) is 7.27. The number of benzene rings is 2. The topological polar surface area (TPSA) is 60.4 Å². The number of hydrogen-bond acceptors (Lipinski definition) is 4. The fourth-order valence-electron chi connectivity index (χ4n) is 4.34. The first-order chi connectivity index (χ1) is 14.9. The van der Waals surface area contributed by atoms with Crippen LogP contribution in [0.4, 0.5) is 0 Å². The smallest absolute Gasteiger partial charge is 0.150 e. The van der Waals surface area contributed by atoms with Crippen molar-refractivity contribution >= 4 is 55.4 Å². The summed E-state index contributed by atoms with van der Waals surface area (Å²) in [6.45, 7) is 0. The van der Waals surface area contributed by atoms with Gasteiger partial charge in [0.15, 0.2) is 11.3 Å². The molecule has 5 aromatic heterocycles. The molecule has 6 nitrogen and oxygen atoms in total. The first kappa shape index (κ1) is 15.6. The highest BCUT2D eigenvalue weighted by Crippen LogP contribution is 2.29. The minimum absolute atomic E-state index is 0.812. The van der Waals surface area contributed by atoms with Gasteiger partial charge in [-0.3, -0.25) is 8.80 Å². The Balaban J connectivity index is 1.98. The molecule has 0 fully saturated rings. The fourth-order valence-corrected chi connectivity index (χ4v) is 4.34. The van der Waals surface area contributed by atoms with Crippen molar-refractivity contribution in [3.8, 4) is 0 Å². The van der Waals surface area contributed by atoms with E-state index in [4.69, 9.17) is 19.9 Å². The lowest BCUT2D eigenvalue weighted by atomic mass is 10.2. The van der Waals surface area contributed by atoms with Crippen molar-refractivity contribution in [2.75, 3.05) is 0 Å². The van der Waals surface area contributed by atoms with E-state index in [1.54, 1.807) is 0 Å². The number of rotatable bonds is 0. The van der Waals surface area contributed by atoms with Crippen LogP contribution in [-0.2, 0) is 0 Å². The van der Waals surface area contributed by atoms with Gasteiger partial charge in [0, 0.05) is 12.4 Å². The second kappa shape index (κ2) is 5.61. The van der Waals surface area contributed by atoms with E-state index in [1.807, 2.05) is 60.9 Å². The lowest BCUT2D eigenvalue weighted by Crippen LogP contribution is -1.96. The monoisotopic (exact) mass is 386 g/mol. The largest absolute Gasteiger partial charge is 0.276 e. The Morgan fingerprint density at radius 3 is 1.43 bits per heavy atom. The van der Waals surface area contributed by atoms with Crippen molar-refractivity contribution in [2.24, 2.45) is 0 Å². The zero-order valence-corrected chi connectivity index (χ0v) is 15.8. The molecule has 0 aliphatic heterocycles. The third-order valence-electron chi connectivity index (χ3n) is 5.60. The maximum atomic E-state index is 4.98. The number of hydrogen-bond donors (Lipinski definition) is 0. The number of nitrogens with zero attached hydrogens (tertiary/aromatic N) is 6. The molecule has 0 bridgehead atoms. The van der Waals surface area contributed by atoms with E-state index in [0.717, 1.165) is 55.4 Å². The highest BCUT2D eigenvalue weighted by Gasteiger charge is 2.16. The molecular weight excluding hydrogens is 372 g/mol. The van der Waals surface area contributed by atoms with E-state index in [-0.39, 0.29) is 0 Å². The molecule has 0 amide bonds. The van der Waals surface area contributed by atoms with Gasteiger partial charge >= 0.3 is 0 Å². The second-order valence-electron chi connectivity index (χ2n) is 7.27. The first-order valence-corrected chi connectivity index (χ1v) is 9.77. The number of aromatic nitrogens is 6. The van der Waals surface area contributed by atoms with Crippen LogP contribution < -0.4 is 0 Å². The lowest BCUT2D eigenvalue weighted by Gasteiger charge is -2.06. The molecule has 2 aromatic carbocycles. The van der Waals surface area contributed by atoms with E-state index in [0.29, 0.717) is 0 Å². The van der Waals surface area contributed by atoms with Gasteiger partial charge in [0.25, 0.3) is 0 Å². The molecule has 0 aliphatic rings. The Kier molecular flexibility index (Phi) is 2.91. The normalized spacial score (nSPS) is 12.0. The van der Waals surface area contributed by atoms with Gasteiger partial charge in [0.2, 0.25) is 0 Å². The number of fused-ring (bicyclic) bond motifs is 12. The van der Waals surface area contributed by atoms with Gasteiger partial charge in [-0.05, 0) is 48.5 Å². The molecule has 7 aromatic rings. The summed E-state index contributed by atoms with van der Waals surface area (Å²) in [4.78, 5) is 19.5. The minimum Gasteiger partial charge on any atom is -0.276 e. The van der Waals surface area contributed by atoms with Crippen molar-refractivity contribution in [2.45, 2.75) is 0 Å². The fraction of sp³-hybridized carbons (Fsp3) is 0. The molecule has 0 saturated heterocycles. The standard InChI is InChI=1S/C24H14N6/c1-3-11-19-17(9-1)27-23-15-7-5-14-26-22(15)30-20-12-4-2-10-18(20)28-24(30)16-8-6-13-25-21(16)29(19)23/h1-14H. The zero-order valence-electron chi connectivity index (χ0n) is 15.8. The summed E-state index contributed by atoms with van der Waals surface area (Å²) in [5, 5.41) is 1.88. The number of pyridine rings is 2. The van der Waals surface area contributed by atoms with Crippen LogP contribution >= 0.6 is 0 Å². The molecule has 5 heterocycles. The summed E-state index contributed by atoms with van der Waals surface area (Å²) in [5.74, 6) is 0. The summed E-state index contributed by atoms with van der Waals surface area (Å²) in [6, 6.07) is 24.3. The zero-order chi connectivity index (χ0) is 19.7. The van der Waals surface area contributed by atoms with E-state index in [1.165, 1.54) is 0 Å². The van der Waals surface area contributed by atoms with Gasteiger partial charge in [-0.25, -0.2) is 19.9 Å². The van der Waals surface area contributed by atoms with E-state index >= 15 is 0 Å². The average molecular weight is 386 g/mol. The van der Waals surface area contributed by atoms with Gasteiger partial charge in [0.05, 0.1) is 32.8 Å². The molecule has 0 spiro atoms. The highest BCUT2D eigenvalue weighted by molar-refractivity contribution is 6.04. The quantitative estimate of drug-likeness (QED) is 0.370. The minimum atomic E-state index is 0.812. The van der Waals surface area contributed by atoms with Crippen LogP contribution in [0.25, 0.3) is 55.4 Å².